The highest BCUT2D eigenvalue weighted by Gasteiger charge is 2.04. The van der Waals surface area contributed by atoms with Gasteiger partial charge in [-0.2, -0.15) is 0 Å². The van der Waals surface area contributed by atoms with Gasteiger partial charge in [-0.25, -0.2) is 0 Å². The normalized spacial score (nSPS) is 12.5. The molecule has 1 rings (SSSR count). The lowest BCUT2D eigenvalue weighted by Gasteiger charge is -2.11. The molecule has 126 valence electrons. The Morgan fingerprint density at radius 3 is 1.64 bits per heavy atom. The van der Waals surface area contributed by atoms with Gasteiger partial charge in [0.15, 0.2) is 0 Å². The molecule has 0 aliphatic heterocycles. The minimum absolute atomic E-state index is 0.643. The van der Waals surface area contributed by atoms with Crippen LogP contribution in [0.3, 0.4) is 0 Å². The number of hydrogen-bond donors (Lipinski definition) is 0. The molecular formula is C21H37P. The van der Waals surface area contributed by atoms with Crippen LogP contribution in [0.4, 0.5) is 0 Å². The number of rotatable bonds is 14. The Bertz CT molecular complexity index is 333. The molecule has 0 radical (unpaired) electrons. The van der Waals surface area contributed by atoms with E-state index in [1.807, 2.05) is 0 Å². The summed E-state index contributed by atoms with van der Waals surface area (Å²) < 4.78 is 0. The van der Waals surface area contributed by atoms with Crippen LogP contribution < -0.4 is 0 Å². The summed E-state index contributed by atoms with van der Waals surface area (Å²) in [5, 5.41) is 0. The quantitative estimate of drug-likeness (QED) is 0.243. The van der Waals surface area contributed by atoms with Crippen molar-refractivity contribution in [2.24, 2.45) is 0 Å². The Morgan fingerprint density at radius 2 is 1.14 bits per heavy atom. The first-order valence-corrected chi connectivity index (χ1v) is 10.3. The molecular weight excluding hydrogens is 283 g/mol. The van der Waals surface area contributed by atoms with Crippen molar-refractivity contribution in [2.75, 3.05) is 0 Å². The molecule has 0 amide bonds. The molecule has 0 aromatic heterocycles. The Labute approximate surface area is 141 Å². The maximum Gasteiger partial charge on any atom is -0.00146 e. The molecule has 0 aliphatic carbocycles. The summed E-state index contributed by atoms with van der Waals surface area (Å²) in [6.07, 6.45) is 18.5. The molecule has 1 aromatic rings. The van der Waals surface area contributed by atoms with E-state index in [1.54, 1.807) is 0 Å². The van der Waals surface area contributed by atoms with Gasteiger partial charge in [-0.1, -0.05) is 114 Å². The second kappa shape index (κ2) is 14.3. The van der Waals surface area contributed by atoms with E-state index in [2.05, 4.69) is 46.5 Å². The monoisotopic (exact) mass is 320 g/mol. The summed E-state index contributed by atoms with van der Waals surface area (Å²) in [6.45, 7) is 2.29. The third-order valence-electron chi connectivity index (χ3n) is 4.60. The van der Waals surface area contributed by atoms with E-state index < -0.39 is 0 Å². The molecule has 0 nitrogen and oxygen atoms in total. The molecule has 2 unspecified atom stereocenters. The SMILES string of the molecule is CCCCCCCCCCCCCCC(P)c1ccccc1. The maximum atomic E-state index is 3.01. The summed E-state index contributed by atoms with van der Waals surface area (Å²) >= 11 is 0. The fraction of sp³-hybridized carbons (Fsp3) is 0.714. The second-order valence-electron chi connectivity index (χ2n) is 6.69. The van der Waals surface area contributed by atoms with Crippen LogP contribution in [0.1, 0.15) is 102 Å². The highest BCUT2D eigenvalue weighted by molar-refractivity contribution is 7.17. The lowest BCUT2D eigenvalue weighted by molar-refractivity contribution is 0.538. The van der Waals surface area contributed by atoms with Crippen LogP contribution in [0.2, 0.25) is 0 Å². The van der Waals surface area contributed by atoms with Gasteiger partial charge in [0.25, 0.3) is 0 Å². The molecule has 0 fully saturated rings. The third kappa shape index (κ3) is 10.4. The van der Waals surface area contributed by atoms with Crippen LogP contribution in [-0.4, -0.2) is 0 Å². The van der Waals surface area contributed by atoms with E-state index in [-0.39, 0.29) is 0 Å². The Kier molecular flexibility index (Phi) is 12.8. The largest absolute Gasteiger partial charge is 0.130 e. The van der Waals surface area contributed by atoms with E-state index in [1.165, 1.54) is 89.0 Å². The molecule has 0 spiro atoms. The zero-order chi connectivity index (χ0) is 15.9. The van der Waals surface area contributed by atoms with Gasteiger partial charge in [0.1, 0.15) is 0 Å². The van der Waals surface area contributed by atoms with Gasteiger partial charge in [-0.15, -0.1) is 9.24 Å². The van der Waals surface area contributed by atoms with Crippen LogP contribution >= 0.6 is 9.24 Å². The highest BCUT2D eigenvalue weighted by Crippen LogP contribution is 2.28. The zero-order valence-corrected chi connectivity index (χ0v) is 15.9. The first-order valence-electron chi connectivity index (χ1n) is 9.65. The fourth-order valence-corrected chi connectivity index (χ4v) is 3.53. The average molecular weight is 321 g/mol. The summed E-state index contributed by atoms with van der Waals surface area (Å²) in [7, 11) is 3.01. The topological polar surface area (TPSA) is 0 Å². The molecule has 0 aliphatic rings. The molecule has 0 N–H and O–H groups in total. The molecule has 0 saturated heterocycles. The molecule has 22 heavy (non-hydrogen) atoms. The molecule has 1 heteroatoms. The fourth-order valence-electron chi connectivity index (χ4n) is 3.07. The molecule has 0 heterocycles. The zero-order valence-electron chi connectivity index (χ0n) is 14.7. The van der Waals surface area contributed by atoms with Crippen molar-refractivity contribution in [2.45, 2.75) is 96.1 Å². The van der Waals surface area contributed by atoms with Gasteiger partial charge >= 0.3 is 0 Å². The van der Waals surface area contributed by atoms with Gasteiger partial charge in [-0.3, -0.25) is 0 Å². The molecule has 2 atom stereocenters. The van der Waals surface area contributed by atoms with E-state index in [0.29, 0.717) is 5.66 Å². The lowest BCUT2D eigenvalue weighted by atomic mass is 10.0. The smallest absolute Gasteiger partial charge is 0.00146 e. The Balaban J connectivity index is 1.84. The summed E-state index contributed by atoms with van der Waals surface area (Å²) in [6, 6.07) is 10.9. The van der Waals surface area contributed by atoms with Crippen molar-refractivity contribution >= 4 is 9.24 Å². The van der Waals surface area contributed by atoms with Gasteiger partial charge < -0.3 is 0 Å². The summed E-state index contributed by atoms with van der Waals surface area (Å²) in [4.78, 5) is 0. The van der Waals surface area contributed by atoms with Crippen LogP contribution in [0, 0.1) is 0 Å². The minimum Gasteiger partial charge on any atom is -0.130 e. The highest BCUT2D eigenvalue weighted by atomic mass is 31.0. The van der Waals surface area contributed by atoms with Crippen LogP contribution in [-0.2, 0) is 0 Å². The summed E-state index contributed by atoms with van der Waals surface area (Å²) in [5.74, 6) is 0. The first kappa shape index (κ1) is 19.7. The maximum absolute atomic E-state index is 3.01. The van der Waals surface area contributed by atoms with Gasteiger partial charge in [0.05, 0.1) is 0 Å². The van der Waals surface area contributed by atoms with E-state index in [4.69, 9.17) is 0 Å². The van der Waals surface area contributed by atoms with Gasteiger partial charge in [-0.05, 0) is 17.6 Å². The predicted molar refractivity (Wildman–Crippen MR) is 105 cm³/mol. The minimum atomic E-state index is 0.643. The van der Waals surface area contributed by atoms with Crippen LogP contribution in [0.5, 0.6) is 0 Å². The van der Waals surface area contributed by atoms with E-state index >= 15 is 0 Å². The van der Waals surface area contributed by atoms with Crippen molar-refractivity contribution < 1.29 is 0 Å². The van der Waals surface area contributed by atoms with E-state index in [0.717, 1.165) is 0 Å². The number of unbranched alkanes of at least 4 members (excludes halogenated alkanes) is 11. The average Bonchev–Trinajstić information content (AvgIpc) is 2.56. The van der Waals surface area contributed by atoms with Crippen molar-refractivity contribution in [3.05, 3.63) is 35.9 Å². The van der Waals surface area contributed by atoms with E-state index in [9.17, 15) is 0 Å². The summed E-state index contributed by atoms with van der Waals surface area (Å²) in [5.41, 5.74) is 2.11. The Morgan fingerprint density at radius 1 is 0.682 bits per heavy atom. The third-order valence-corrected chi connectivity index (χ3v) is 5.31. The van der Waals surface area contributed by atoms with Crippen LogP contribution in [0.25, 0.3) is 0 Å². The van der Waals surface area contributed by atoms with Crippen molar-refractivity contribution in [3.63, 3.8) is 0 Å². The number of hydrogen-bond acceptors (Lipinski definition) is 0. The first-order chi connectivity index (χ1) is 10.8. The molecule has 0 saturated carbocycles. The Hall–Kier alpha value is -0.350. The van der Waals surface area contributed by atoms with Crippen molar-refractivity contribution in [1.82, 2.24) is 0 Å². The molecule has 0 bridgehead atoms. The molecule has 1 aromatic carbocycles. The van der Waals surface area contributed by atoms with Crippen molar-refractivity contribution in [3.8, 4) is 0 Å². The van der Waals surface area contributed by atoms with Gasteiger partial charge in [0.2, 0.25) is 0 Å². The van der Waals surface area contributed by atoms with Crippen LogP contribution in [0.15, 0.2) is 30.3 Å². The lowest BCUT2D eigenvalue weighted by Crippen LogP contribution is -1.90. The van der Waals surface area contributed by atoms with Crippen molar-refractivity contribution in [1.29, 1.82) is 0 Å². The predicted octanol–water partition coefficient (Wildman–Crippen LogP) is 7.69. The number of benzene rings is 1. The second-order valence-corrected chi connectivity index (χ2v) is 7.50. The standard InChI is InChI=1S/C21H37P/c1-2-3-4-5-6-7-8-9-10-11-12-16-19-21(22)20-17-14-13-15-18-20/h13-15,17-18,21H,2-12,16,19,22H2,1H3. The van der Waals surface area contributed by atoms with Gasteiger partial charge in [0, 0.05) is 0 Å².